The molecular weight excluding hydrogens is 403 g/mol. The number of hydrogen-bond donors (Lipinski definition) is 2. The molecule has 2 rings (SSSR count). The molecule has 2 aromatic carbocycles. The minimum absolute atomic E-state index is 0.253. The first kappa shape index (κ1) is 21.9. The Morgan fingerprint density at radius 2 is 1.00 bits per heavy atom. The number of carbonyl (C=O) groups excluding carboxylic acids is 2. The van der Waals surface area contributed by atoms with Gasteiger partial charge in [0.1, 0.15) is 11.5 Å². The Labute approximate surface area is 174 Å². The number of amides is 2. The largest absolute Gasteiger partial charge is 0.484 e. The molecule has 2 N–H and O–H groups in total. The molecule has 0 aliphatic heterocycles. The lowest BCUT2D eigenvalue weighted by Gasteiger charge is -2.12. The van der Waals surface area contributed by atoms with Crippen LogP contribution >= 0.6 is 23.2 Å². The van der Waals surface area contributed by atoms with Gasteiger partial charge in [-0.2, -0.15) is 0 Å². The summed E-state index contributed by atoms with van der Waals surface area (Å²) in [6.07, 6.45) is 0. The summed E-state index contributed by atoms with van der Waals surface area (Å²) in [4.78, 5) is 23.7. The summed E-state index contributed by atoms with van der Waals surface area (Å²) in [5.41, 5.74) is 7.97. The van der Waals surface area contributed by atoms with Gasteiger partial charge in [0.2, 0.25) is 0 Å². The average Bonchev–Trinajstić information content (AvgIpc) is 2.65. The van der Waals surface area contributed by atoms with Crippen LogP contribution in [0.2, 0.25) is 10.0 Å². The van der Waals surface area contributed by atoms with Gasteiger partial charge in [0.05, 0.1) is 0 Å². The minimum Gasteiger partial charge on any atom is -0.484 e. The average molecular weight is 425 g/mol. The molecule has 2 aromatic rings. The zero-order chi connectivity index (χ0) is 20.8. The Kier molecular flexibility index (Phi) is 7.54. The number of nitrogens with one attached hydrogen (secondary N) is 2. The molecule has 6 nitrogen and oxygen atoms in total. The zero-order valence-corrected chi connectivity index (χ0v) is 17.6. The zero-order valence-electron chi connectivity index (χ0n) is 16.1. The van der Waals surface area contributed by atoms with Gasteiger partial charge in [-0.1, -0.05) is 23.2 Å². The standard InChI is InChI=1S/C20H22Cl2N2O4/c1-11-5-15(6-12(2)19(11)21)27-9-17(25)23-24-18(26)10-28-16-7-13(3)20(22)14(4)8-16/h5-8H,9-10H2,1-4H3,(H,23,25)(H,24,26). The van der Waals surface area contributed by atoms with Gasteiger partial charge >= 0.3 is 0 Å². The lowest BCUT2D eigenvalue weighted by Crippen LogP contribution is -2.45. The summed E-state index contributed by atoms with van der Waals surface area (Å²) in [6, 6.07) is 6.96. The van der Waals surface area contributed by atoms with Gasteiger partial charge in [-0.3, -0.25) is 20.4 Å². The number of hydrazine groups is 1. The van der Waals surface area contributed by atoms with Gasteiger partial charge in [0.25, 0.3) is 11.8 Å². The first-order valence-electron chi connectivity index (χ1n) is 8.54. The second-order valence-electron chi connectivity index (χ2n) is 6.42. The maximum atomic E-state index is 11.8. The molecule has 2 amide bonds. The molecule has 0 fully saturated rings. The summed E-state index contributed by atoms with van der Waals surface area (Å²) < 4.78 is 10.8. The van der Waals surface area contributed by atoms with Crippen molar-refractivity contribution in [1.29, 1.82) is 0 Å². The number of benzene rings is 2. The van der Waals surface area contributed by atoms with Crippen LogP contribution in [0, 0.1) is 27.7 Å². The first-order valence-corrected chi connectivity index (χ1v) is 9.29. The second-order valence-corrected chi connectivity index (χ2v) is 7.17. The SMILES string of the molecule is Cc1cc(OCC(=O)NNC(=O)COc2cc(C)c(Cl)c(C)c2)cc(C)c1Cl. The van der Waals surface area contributed by atoms with Crippen LogP contribution in [0.25, 0.3) is 0 Å². The van der Waals surface area contributed by atoms with Crippen molar-refractivity contribution < 1.29 is 19.1 Å². The van der Waals surface area contributed by atoms with Crippen LogP contribution in [0.15, 0.2) is 24.3 Å². The third-order valence-corrected chi connectivity index (χ3v) is 5.09. The van der Waals surface area contributed by atoms with Gasteiger partial charge in [-0.05, 0) is 74.2 Å². The highest BCUT2D eigenvalue weighted by Gasteiger charge is 2.09. The predicted molar refractivity (Wildman–Crippen MR) is 109 cm³/mol. The van der Waals surface area contributed by atoms with Crippen molar-refractivity contribution in [2.24, 2.45) is 0 Å². The van der Waals surface area contributed by atoms with Crippen LogP contribution in [0.4, 0.5) is 0 Å². The van der Waals surface area contributed by atoms with E-state index in [2.05, 4.69) is 10.9 Å². The van der Waals surface area contributed by atoms with Crippen molar-refractivity contribution in [3.05, 3.63) is 56.6 Å². The van der Waals surface area contributed by atoms with E-state index in [1.807, 2.05) is 27.7 Å². The quantitative estimate of drug-likeness (QED) is 0.690. The van der Waals surface area contributed by atoms with Crippen LogP contribution in [-0.4, -0.2) is 25.0 Å². The summed E-state index contributed by atoms with van der Waals surface area (Å²) in [7, 11) is 0. The molecule has 0 spiro atoms. The lowest BCUT2D eigenvalue weighted by atomic mass is 10.1. The number of aryl methyl sites for hydroxylation is 4. The van der Waals surface area contributed by atoms with Crippen LogP contribution in [0.1, 0.15) is 22.3 Å². The Bertz CT molecular complexity index is 780. The molecule has 0 aliphatic carbocycles. The highest BCUT2D eigenvalue weighted by Crippen LogP contribution is 2.26. The van der Waals surface area contributed by atoms with E-state index in [-0.39, 0.29) is 13.2 Å². The molecule has 28 heavy (non-hydrogen) atoms. The fourth-order valence-electron chi connectivity index (χ4n) is 2.49. The fourth-order valence-corrected chi connectivity index (χ4v) is 2.71. The molecule has 0 aliphatic rings. The van der Waals surface area contributed by atoms with E-state index in [0.717, 1.165) is 22.3 Å². The van der Waals surface area contributed by atoms with Gasteiger partial charge in [0, 0.05) is 10.0 Å². The number of hydrogen-bond acceptors (Lipinski definition) is 4. The van der Waals surface area contributed by atoms with E-state index in [9.17, 15) is 9.59 Å². The van der Waals surface area contributed by atoms with Gasteiger partial charge in [0.15, 0.2) is 13.2 Å². The maximum absolute atomic E-state index is 11.8. The topological polar surface area (TPSA) is 76.7 Å². The Morgan fingerprint density at radius 3 is 1.29 bits per heavy atom. The molecule has 0 saturated heterocycles. The predicted octanol–water partition coefficient (Wildman–Crippen LogP) is 3.83. The molecular formula is C20H22Cl2N2O4. The van der Waals surface area contributed by atoms with E-state index < -0.39 is 11.8 Å². The van der Waals surface area contributed by atoms with Crippen molar-refractivity contribution >= 4 is 35.0 Å². The smallest absolute Gasteiger partial charge is 0.276 e. The second kappa shape index (κ2) is 9.66. The van der Waals surface area contributed by atoms with Crippen molar-refractivity contribution in [3.63, 3.8) is 0 Å². The number of halogens is 2. The Morgan fingerprint density at radius 1 is 0.714 bits per heavy atom. The van der Waals surface area contributed by atoms with Crippen LogP contribution in [0.5, 0.6) is 11.5 Å². The van der Waals surface area contributed by atoms with E-state index >= 15 is 0 Å². The minimum atomic E-state index is -0.503. The number of carbonyl (C=O) groups is 2. The fraction of sp³-hybridized carbons (Fsp3) is 0.300. The molecule has 0 unspecified atom stereocenters. The monoisotopic (exact) mass is 424 g/mol. The first-order chi connectivity index (χ1) is 13.2. The van der Waals surface area contributed by atoms with Crippen molar-refractivity contribution in [2.45, 2.75) is 27.7 Å². The molecule has 0 saturated carbocycles. The molecule has 0 heterocycles. The third kappa shape index (κ3) is 6.04. The highest BCUT2D eigenvalue weighted by molar-refractivity contribution is 6.32. The molecule has 0 atom stereocenters. The van der Waals surface area contributed by atoms with Crippen LogP contribution in [-0.2, 0) is 9.59 Å². The highest BCUT2D eigenvalue weighted by atomic mass is 35.5. The summed E-state index contributed by atoms with van der Waals surface area (Å²) in [5.74, 6) is 0.0453. The summed E-state index contributed by atoms with van der Waals surface area (Å²) in [6.45, 7) is 6.91. The van der Waals surface area contributed by atoms with Crippen molar-refractivity contribution in [2.75, 3.05) is 13.2 Å². The summed E-state index contributed by atoms with van der Waals surface area (Å²) in [5, 5.41) is 1.32. The van der Waals surface area contributed by atoms with E-state index in [4.69, 9.17) is 32.7 Å². The summed E-state index contributed by atoms with van der Waals surface area (Å²) >= 11 is 12.2. The maximum Gasteiger partial charge on any atom is 0.276 e. The Hall–Kier alpha value is -2.44. The Balaban J connectivity index is 1.76. The normalized spacial score (nSPS) is 10.4. The van der Waals surface area contributed by atoms with E-state index in [1.54, 1.807) is 24.3 Å². The molecule has 0 aromatic heterocycles. The van der Waals surface area contributed by atoms with Gasteiger partial charge in [-0.25, -0.2) is 0 Å². The molecule has 0 radical (unpaired) electrons. The van der Waals surface area contributed by atoms with Gasteiger partial charge < -0.3 is 9.47 Å². The van der Waals surface area contributed by atoms with E-state index in [1.165, 1.54) is 0 Å². The number of rotatable bonds is 6. The number of ether oxygens (including phenoxy) is 2. The van der Waals surface area contributed by atoms with E-state index in [0.29, 0.717) is 21.5 Å². The molecule has 8 heteroatoms. The lowest BCUT2D eigenvalue weighted by molar-refractivity contribution is -0.131. The molecule has 0 bridgehead atoms. The van der Waals surface area contributed by atoms with Crippen LogP contribution < -0.4 is 20.3 Å². The third-order valence-electron chi connectivity index (χ3n) is 3.90. The van der Waals surface area contributed by atoms with Crippen molar-refractivity contribution in [3.8, 4) is 11.5 Å². The molecule has 150 valence electrons. The van der Waals surface area contributed by atoms with Crippen LogP contribution in [0.3, 0.4) is 0 Å². The van der Waals surface area contributed by atoms with Gasteiger partial charge in [-0.15, -0.1) is 0 Å². The van der Waals surface area contributed by atoms with Crippen molar-refractivity contribution in [1.82, 2.24) is 10.9 Å².